The van der Waals surface area contributed by atoms with Crippen LogP contribution in [0, 0.1) is 17.0 Å². The smallest absolute Gasteiger partial charge is 0.297 e. The first-order valence-electron chi connectivity index (χ1n) is 9.85. The van der Waals surface area contributed by atoms with E-state index in [2.05, 4.69) is 6.58 Å². The van der Waals surface area contributed by atoms with Gasteiger partial charge in [0.2, 0.25) is 0 Å². The highest BCUT2D eigenvalue weighted by Crippen LogP contribution is 2.25. The van der Waals surface area contributed by atoms with Gasteiger partial charge in [-0.3, -0.25) is 19.6 Å². The second-order valence-corrected chi connectivity index (χ2v) is 7.97. The molecule has 0 unspecified atom stereocenters. The summed E-state index contributed by atoms with van der Waals surface area (Å²) in [6.07, 6.45) is 1.73. The lowest BCUT2D eigenvalue weighted by Crippen LogP contribution is -2.20. The first-order valence-corrected chi connectivity index (χ1v) is 10.7. The van der Waals surface area contributed by atoms with E-state index in [4.69, 9.17) is 4.99 Å². The SMILES string of the molecule is C=CCn1c(-c2cccc([N+](=O)[O-])c2)csc1=Nc1c(C)n(C)n(-c2ccccc2)c1=O. The third-order valence-electron chi connectivity index (χ3n) is 5.19. The van der Waals surface area contributed by atoms with Crippen molar-refractivity contribution in [3.05, 3.63) is 104 Å². The van der Waals surface area contributed by atoms with Gasteiger partial charge >= 0.3 is 0 Å². The number of para-hydroxylation sites is 1. The lowest BCUT2D eigenvalue weighted by molar-refractivity contribution is -0.384. The van der Waals surface area contributed by atoms with E-state index in [1.54, 1.807) is 21.5 Å². The molecule has 0 saturated carbocycles. The highest BCUT2D eigenvalue weighted by molar-refractivity contribution is 7.07. The van der Waals surface area contributed by atoms with Crippen molar-refractivity contribution in [1.29, 1.82) is 0 Å². The minimum atomic E-state index is -0.418. The lowest BCUT2D eigenvalue weighted by Gasteiger charge is -2.07. The summed E-state index contributed by atoms with van der Waals surface area (Å²) in [4.78, 5) is 29.3. The fourth-order valence-corrected chi connectivity index (χ4v) is 4.44. The van der Waals surface area contributed by atoms with Gasteiger partial charge in [-0.05, 0) is 19.1 Å². The van der Waals surface area contributed by atoms with Gasteiger partial charge in [0.05, 0.1) is 22.0 Å². The molecule has 2 aromatic heterocycles. The molecule has 0 radical (unpaired) electrons. The average Bonchev–Trinajstić information content (AvgIpc) is 3.28. The molecule has 0 aliphatic carbocycles. The van der Waals surface area contributed by atoms with Gasteiger partial charge in [-0.1, -0.05) is 36.4 Å². The molecule has 0 N–H and O–H groups in total. The van der Waals surface area contributed by atoms with Crippen LogP contribution in [0.2, 0.25) is 0 Å². The predicted octanol–water partition coefficient (Wildman–Crippen LogP) is 4.34. The van der Waals surface area contributed by atoms with E-state index >= 15 is 0 Å². The molecule has 4 rings (SSSR count). The number of non-ortho nitro benzene ring substituents is 1. The van der Waals surface area contributed by atoms with Crippen LogP contribution < -0.4 is 10.4 Å². The topological polar surface area (TPSA) is 87.4 Å². The summed E-state index contributed by atoms with van der Waals surface area (Å²) in [6.45, 7) is 6.12. The van der Waals surface area contributed by atoms with E-state index in [-0.39, 0.29) is 11.2 Å². The molecule has 0 fully saturated rings. The van der Waals surface area contributed by atoms with Crippen LogP contribution in [0.25, 0.3) is 16.9 Å². The molecular formula is C23H21N5O3S. The molecule has 0 spiro atoms. The van der Waals surface area contributed by atoms with Gasteiger partial charge in [-0.2, -0.15) is 0 Å². The maximum Gasteiger partial charge on any atom is 0.297 e. The number of nitro groups is 1. The average molecular weight is 448 g/mol. The number of nitro benzene ring substituents is 1. The molecule has 0 amide bonds. The molecule has 2 heterocycles. The molecule has 162 valence electrons. The van der Waals surface area contributed by atoms with Gasteiger partial charge in [0.1, 0.15) is 0 Å². The Balaban J connectivity index is 1.90. The predicted molar refractivity (Wildman–Crippen MR) is 126 cm³/mol. The van der Waals surface area contributed by atoms with Crippen LogP contribution >= 0.6 is 11.3 Å². The molecule has 4 aromatic rings. The summed E-state index contributed by atoms with van der Waals surface area (Å²) in [5, 5.41) is 13.1. The Labute approximate surface area is 187 Å². The summed E-state index contributed by atoms with van der Waals surface area (Å²) in [5.41, 5.74) is 3.11. The van der Waals surface area contributed by atoms with E-state index < -0.39 is 4.92 Å². The molecule has 0 bridgehead atoms. The maximum absolute atomic E-state index is 13.2. The van der Waals surface area contributed by atoms with Crippen LogP contribution in [0.1, 0.15) is 5.69 Å². The van der Waals surface area contributed by atoms with Gasteiger partial charge in [-0.25, -0.2) is 9.67 Å². The number of rotatable bonds is 6. The zero-order valence-corrected chi connectivity index (χ0v) is 18.5. The molecule has 0 aliphatic heterocycles. The lowest BCUT2D eigenvalue weighted by atomic mass is 10.1. The molecule has 9 heteroatoms. The third kappa shape index (κ3) is 3.74. The van der Waals surface area contributed by atoms with Crippen molar-refractivity contribution in [3.63, 3.8) is 0 Å². The highest BCUT2D eigenvalue weighted by atomic mass is 32.1. The maximum atomic E-state index is 13.2. The van der Waals surface area contributed by atoms with E-state index in [0.717, 1.165) is 17.1 Å². The van der Waals surface area contributed by atoms with Crippen LogP contribution in [0.15, 0.2) is 82.4 Å². The van der Waals surface area contributed by atoms with Gasteiger partial charge in [0.15, 0.2) is 10.5 Å². The Morgan fingerprint density at radius 1 is 1.19 bits per heavy atom. The number of nitrogens with zero attached hydrogens (tertiary/aromatic N) is 5. The van der Waals surface area contributed by atoms with Crippen molar-refractivity contribution < 1.29 is 4.92 Å². The third-order valence-corrected chi connectivity index (χ3v) is 6.06. The second kappa shape index (κ2) is 8.64. The standard InChI is InChI=1S/C23H21N5O3S/c1-4-13-26-20(17-9-8-12-19(14-17)28(30)31)15-32-23(26)24-21-16(2)25(3)27(22(21)29)18-10-6-5-7-11-18/h4-12,14-15H,1,13H2,2-3H3. The number of aromatic nitrogens is 3. The van der Waals surface area contributed by atoms with Crippen molar-refractivity contribution in [1.82, 2.24) is 13.9 Å². The summed E-state index contributed by atoms with van der Waals surface area (Å²) < 4.78 is 5.26. The molecule has 0 aliphatic rings. The molecule has 0 saturated heterocycles. The van der Waals surface area contributed by atoms with E-state index in [1.807, 2.05) is 60.3 Å². The zero-order valence-electron chi connectivity index (χ0n) is 17.6. The van der Waals surface area contributed by atoms with Gasteiger partial charge in [0, 0.05) is 36.7 Å². The van der Waals surface area contributed by atoms with Crippen molar-refractivity contribution in [2.45, 2.75) is 13.5 Å². The normalized spacial score (nSPS) is 11.6. The molecule has 0 atom stereocenters. The van der Waals surface area contributed by atoms with Crippen LogP contribution in [0.3, 0.4) is 0 Å². The van der Waals surface area contributed by atoms with Crippen LogP contribution in [0.4, 0.5) is 11.4 Å². The van der Waals surface area contributed by atoms with Gasteiger partial charge in [0.25, 0.3) is 11.2 Å². The molecular weight excluding hydrogens is 426 g/mol. The monoisotopic (exact) mass is 447 g/mol. The Kier molecular flexibility index (Phi) is 5.74. The summed E-state index contributed by atoms with van der Waals surface area (Å²) in [6, 6.07) is 15.8. The first-order chi connectivity index (χ1) is 15.4. The number of benzene rings is 2. The van der Waals surface area contributed by atoms with Crippen molar-refractivity contribution in [3.8, 4) is 16.9 Å². The number of allylic oxidation sites excluding steroid dienone is 1. The molecule has 8 nitrogen and oxygen atoms in total. The van der Waals surface area contributed by atoms with E-state index in [1.165, 1.54) is 23.5 Å². The second-order valence-electron chi connectivity index (χ2n) is 7.13. The van der Waals surface area contributed by atoms with Crippen molar-refractivity contribution in [2.75, 3.05) is 0 Å². The number of thiazole rings is 1. The Hall–Kier alpha value is -3.98. The van der Waals surface area contributed by atoms with Crippen LogP contribution in [-0.2, 0) is 13.6 Å². The fourth-order valence-electron chi connectivity index (χ4n) is 3.51. The largest absolute Gasteiger partial charge is 0.313 e. The van der Waals surface area contributed by atoms with Gasteiger partial charge in [-0.15, -0.1) is 17.9 Å². The Bertz CT molecular complexity index is 1440. The minimum absolute atomic E-state index is 0.0157. The van der Waals surface area contributed by atoms with E-state index in [9.17, 15) is 14.9 Å². The highest BCUT2D eigenvalue weighted by Gasteiger charge is 2.17. The minimum Gasteiger partial charge on any atom is -0.313 e. The van der Waals surface area contributed by atoms with E-state index in [0.29, 0.717) is 22.6 Å². The van der Waals surface area contributed by atoms with Gasteiger partial charge < -0.3 is 4.57 Å². The zero-order chi connectivity index (χ0) is 22.8. The first kappa shape index (κ1) is 21.3. The van der Waals surface area contributed by atoms with Crippen LogP contribution in [-0.4, -0.2) is 18.9 Å². The van der Waals surface area contributed by atoms with Crippen molar-refractivity contribution in [2.24, 2.45) is 12.0 Å². The quantitative estimate of drug-likeness (QED) is 0.250. The van der Waals surface area contributed by atoms with Crippen LogP contribution in [0.5, 0.6) is 0 Å². The Morgan fingerprint density at radius 3 is 2.62 bits per heavy atom. The molecule has 32 heavy (non-hydrogen) atoms. The Morgan fingerprint density at radius 2 is 1.94 bits per heavy atom. The molecule has 2 aromatic carbocycles. The fraction of sp³-hybridized carbons (Fsp3) is 0.130. The van der Waals surface area contributed by atoms with Crippen molar-refractivity contribution >= 4 is 22.7 Å². The summed E-state index contributed by atoms with van der Waals surface area (Å²) in [5.74, 6) is 0. The number of hydrogen-bond donors (Lipinski definition) is 0. The summed E-state index contributed by atoms with van der Waals surface area (Å²) in [7, 11) is 1.82. The number of hydrogen-bond acceptors (Lipinski definition) is 5. The summed E-state index contributed by atoms with van der Waals surface area (Å²) >= 11 is 1.37.